The molecule has 4 heterocycles. The summed E-state index contributed by atoms with van der Waals surface area (Å²) in [6.07, 6.45) is 10.4. The summed E-state index contributed by atoms with van der Waals surface area (Å²) in [4.78, 5) is 35.6. The first-order valence-corrected chi connectivity index (χ1v) is 15.5. The van der Waals surface area contributed by atoms with Crippen LogP contribution in [-0.2, 0) is 42.3 Å². The number of carbonyl (C=O) groups excluding carboxylic acids is 1. The molecule has 2 aliphatic rings. The second kappa shape index (κ2) is 13.7. The van der Waals surface area contributed by atoms with Crippen LogP contribution in [0.1, 0.15) is 54.5 Å². The molecule has 0 saturated carbocycles. The first-order chi connectivity index (χ1) is 21.1. The minimum atomic E-state index is -0.183. The zero-order valence-electron chi connectivity index (χ0n) is 25.1. The minimum absolute atomic E-state index is 0.0748. The molecule has 0 aliphatic carbocycles. The van der Waals surface area contributed by atoms with Crippen molar-refractivity contribution in [3.8, 4) is 0 Å². The van der Waals surface area contributed by atoms with Crippen LogP contribution in [0.25, 0.3) is 0 Å². The summed E-state index contributed by atoms with van der Waals surface area (Å²) in [6, 6.07) is 19.4. The Hall–Kier alpha value is -3.79. The van der Waals surface area contributed by atoms with Gasteiger partial charge >= 0.3 is 5.97 Å². The maximum atomic E-state index is 13.1. The van der Waals surface area contributed by atoms with Gasteiger partial charge in [0.1, 0.15) is 17.7 Å². The van der Waals surface area contributed by atoms with Crippen LogP contribution < -0.4 is 0 Å². The molecule has 226 valence electrons. The number of piperidine rings is 1. The molecule has 1 unspecified atom stereocenters. The number of rotatable bonds is 12. The number of H-pyrrole nitrogens is 2. The zero-order chi connectivity index (χ0) is 29.5. The van der Waals surface area contributed by atoms with Gasteiger partial charge in [0.2, 0.25) is 0 Å². The Morgan fingerprint density at radius 2 is 1.51 bits per heavy atom. The number of aromatic nitrogens is 4. The van der Waals surface area contributed by atoms with Crippen molar-refractivity contribution in [2.24, 2.45) is 5.41 Å². The molecule has 2 aromatic heterocycles. The number of carbonyl (C=O) groups is 1. The van der Waals surface area contributed by atoms with Crippen LogP contribution in [0.3, 0.4) is 0 Å². The number of hydrogen-bond donors (Lipinski definition) is 2. The van der Waals surface area contributed by atoms with Crippen molar-refractivity contribution in [2.45, 2.75) is 65.0 Å². The van der Waals surface area contributed by atoms with Gasteiger partial charge in [0.15, 0.2) is 0 Å². The van der Waals surface area contributed by atoms with Gasteiger partial charge in [0.25, 0.3) is 0 Å². The lowest BCUT2D eigenvalue weighted by Crippen LogP contribution is -2.41. The van der Waals surface area contributed by atoms with E-state index in [2.05, 4.69) is 89.2 Å². The van der Waals surface area contributed by atoms with Crippen LogP contribution in [0.5, 0.6) is 0 Å². The molecule has 1 spiro atoms. The first kappa shape index (κ1) is 29.3. The molecule has 2 saturated heterocycles. The van der Waals surface area contributed by atoms with Crippen molar-refractivity contribution in [3.63, 3.8) is 0 Å². The quantitative estimate of drug-likeness (QED) is 0.233. The van der Waals surface area contributed by atoms with E-state index in [4.69, 9.17) is 4.74 Å². The Morgan fingerprint density at radius 3 is 2.12 bits per heavy atom. The molecule has 1 atom stereocenters. The highest BCUT2D eigenvalue weighted by Crippen LogP contribution is 2.44. The number of nitrogens with zero attached hydrogens (tertiary/aromatic N) is 5. The van der Waals surface area contributed by atoms with E-state index in [1.54, 1.807) is 12.4 Å². The standard InChI is InChI=1S/C34H43N7O2/c1-2-43-33(42)30-20-34(12-18-39(19-13-34)21-27-6-4-3-5-7-27)26-41(30)23-29-10-8-28(9-11-29)22-40(24-31-35-14-15-36-31)25-32-37-16-17-38-32/h3-11,14-17,30H,2,12-13,18-26H2,1H3,(H,35,36)(H,37,38). The zero-order valence-corrected chi connectivity index (χ0v) is 25.1. The predicted molar refractivity (Wildman–Crippen MR) is 165 cm³/mol. The smallest absolute Gasteiger partial charge is 0.323 e. The average molecular weight is 582 g/mol. The predicted octanol–water partition coefficient (Wildman–Crippen LogP) is 4.76. The fourth-order valence-corrected chi connectivity index (χ4v) is 6.77. The van der Waals surface area contributed by atoms with Crippen LogP contribution in [0.2, 0.25) is 0 Å². The summed E-state index contributed by atoms with van der Waals surface area (Å²) in [5.41, 5.74) is 3.99. The number of esters is 1. The van der Waals surface area contributed by atoms with Crippen LogP contribution in [0.4, 0.5) is 0 Å². The lowest BCUT2D eigenvalue weighted by molar-refractivity contribution is -0.148. The van der Waals surface area contributed by atoms with E-state index in [0.29, 0.717) is 19.7 Å². The van der Waals surface area contributed by atoms with Gasteiger partial charge < -0.3 is 14.7 Å². The molecule has 9 nitrogen and oxygen atoms in total. The largest absolute Gasteiger partial charge is 0.465 e. The highest BCUT2D eigenvalue weighted by atomic mass is 16.5. The number of likely N-dealkylation sites (tertiary alicyclic amines) is 2. The summed E-state index contributed by atoms with van der Waals surface area (Å²) in [6.45, 7) is 9.33. The van der Waals surface area contributed by atoms with Crippen molar-refractivity contribution < 1.29 is 9.53 Å². The third-order valence-corrected chi connectivity index (χ3v) is 9.00. The molecule has 0 amide bonds. The molecule has 2 aromatic carbocycles. The van der Waals surface area contributed by atoms with Gasteiger partial charge in [-0.2, -0.15) is 0 Å². The molecule has 0 radical (unpaired) electrons. The van der Waals surface area contributed by atoms with Crippen LogP contribution in [0, 0.1) is 5.41 Å². The van der Waals surface area contributed by atoms with Gasteiger partial charge in [-0.15, -0.1) is 0 Å². The van der Waals surface area contributed by atoms with E-state index in [1.165, 1.54) is 16.7 Å². The second-order valence-corrected chi connectivity index (χ2v) is 12.2. The summed E-state index contributed by atoms with van der Waals surface area (Å²) in [7, 11) is 0. The average Bonchev–Trinajstić information content (AvgIpc) is 3.79. The fraction of sp³-hybridized carbons (Fsp3) is 0.441. The third kappa shape index (κ3) is 7.60. The van der Waals surface area contributed by atoms with Crippen LogP contribution in [-0.4, -0.2) is 72.9 Å². The highest BCUT2D eigenvalue weighted by molar-refractivity contribution is 5.76. The van der Waals surface area contributed by atoms with E-state index in [-0.39, 0.29) is 17.4 Å². The van der Waals surface area contributed by atoms with E-state index < -0.39 is 0 Å². The van der Waals surface area contributed by atoms with Gasteiger partial charge in [-0.3, -0.25) is 19.5 Å². The molecule has 2 aliphatic heterocycles. The van der Waals surface area contributed by atoms with Crippen molar-refractivity contribution in [2.75, 3.05) is 26.2 Å². The van der Waals surface area contributed by atoms with E-state index in [9.17, 15) is 4.79 Å². The number of ether oxygens (including phenoxy) is 1. The molecule has 6 rings (SSSR count). The molecule has 2 N–H and O–H groups in total. The first-order valence-electron chi connectivity index (χ1n) is 15.5. The fourth-order valence-electron chi connectivity index (χ4n) is 6.77. The molecular formula is C34H43N7O2. The Labute approximate surface area is 254 Å². The Morgan fingerprint density at radius 1 is 0.884 bits per heavy atom. The number of benzene rings is 2. The third-order valence-electron chi connectivity index (χ3n) is 9.00. The van der Waals surface area contributed by atoms with E-state index in [0.717, 1.165) is 70.2 Å². The van der Waals surface area contributed by atoms with Crippen molar-refractivity contribution in [1.29, 1.82) is 0 Å². The molecule has 2 fully saturated rings. The SMILES string of the molecule is CCOC(=O)C1CC2(CCN(Cc3ccccc3)CC2)CN1Cc1ccc(CN(Cc2ncc[nH]2)Cc2ncc[nH]2)cc1. The maximum Gasteiger partial charge on any atom is 0.323 e. The normalized spacial score (nSPS) is 18.9. The summed E-state index contributed by atoms with van der Waals surface area (Å²) in [5, 5.41) is 0. The highest BCUT2D eigenvalue weighted by Gasteiger charge is 2.48. The number of hydrogen-bond acceptors (Lipinski definition) is 7. The number of imidazole rings is 2. The summed E-state index contributed by atoms with van der Waals surface area (Å²) in [5.74, 6) is 1.79. The van der Waals surface area contributed by atoms with Gasteiger partial charge in [-0.1, -0.05) is 54.6 Å². The van der Waals surface area contributed by atoms with Gasteiger partial charge in [-0.05, 0) is 61.4 Å². The summed E-state index contributed by atoms with van der Waals surface area (Å²) >= 11 is 0. The van der Waals surface area contributed by atoms with Crippen LogP contribution >= 0.6 is 0 Å². The van der Waals surface area contributed by atoms with Crippen molar-refractivity contribution in [1.82, 2.24) is 34.6 Å². The Kier molecular flexibility index (Phi) is 9.31. The van der Waals surface area contributed by atoms with Crippen molar-refractivity contribution >= 4 is 5.97 Å². The monoisotopic (exact) mass is 581 g/mol. The number of nitrogens with one attached hydrogen (secondary N) is 2. The number of aromatic amines is 2. The van der Waals surface area contributed by atoms with Gasteiger partial charge in [0, 0.05) is 51.0 Å². The minimum Gasteiger partial charge on any atom is -0.465 e. The van der Waals surface area contributed by atoms with E-state index in [1.807, 2.05) is 19.3 Å². The van der Waals surface area contributed by atoms with Crippen molar-refractivity contribution in [3.05, 3.63) is 108 Å². The van der Waals surface area contributed by atoms with E-state index >= 15 is 0 Å². The molecule has 43 heavy (non-hydrogen) atoms. The Bertz CT molecular complexity index is 1360. The molecule has 0 bridgehead atoms. The molecule has 9 heteroatoms. The van der Waals surface area contributed by atoms with Crippen LogP contribution in [0.15, 0.2) is 79.4 Å². The molecular weight excluding hydrogens is 538 g/mol. The molecule has 4 aromatic rings. The Balaban J connectivity index is 1.09. The maximum absolute atomic E-state index is 13.1. The van der Waals surface area contributed by atoms with Gasteiger partial charge in [-0.25, -0.2) is 9.97 Å². The second-order valence-electron chi connectivity index (χ2n) is 12.2. The van der Waals surface area contributed by atoms with Gasteiger partial charge in [0.05, 0.1) is 19.7 Å². The topological polar surface area (TPSA) is 93.4 Å². The lowest BCUT2D eigenvalue weighted by atomic mass is 9.76. The lowest BCUT2D eigenvalue weighted by Gasteiger charge is -2.39. The summed E-state index contributed by atoms with van der Waals surface area (Å²) < 4.78 is 5.56.